The molecule has 1 N–H and O–H groups in total. The van der Waals surface area contributed by atoms with E-state index in [1.807, 2.05) is 13.8 Å². The van der Waals surface area contributed by atoms with Crippen LogP contribution in [-0.4, -0.2) is 49.9 Å². The summed E-state index contributed by atoms with van der Waals surface area (Å²) in [5.74, 6) is -0.332. The maximum atomic E-state index is 12.5. The van der Waals surface area contributed by atoms with E-state index in [2.05, 4.69) is 5.32 Å². The van der Waals surface area contributed by atoms with E-state index in [1.165, 1.54) is 0 Å². The minimum Gasteiger partial charge on any atom is -0.336 e. The topological polar surface area (TPSA) is 66.5 Å². The fraction of sp³-hybridized carbons (Fsp3) is 0.500. The van der Waals surface area contributed by atoms with E-state index in [4.69, 9.17) is 0 Å². The molecule has 0 aromatic heterocycles. The molecule has 0 bridgehead atoms. The van der Waals surface area contributed by atoms with Gasteiger partial charge in [-0.3, -0.25) is 4.79 Å². The highest BCUT2D eigenvalue weighted by Crippen LogP contribution is 2.30. The van der Waals surface area contributed by atoms with Crippen LogP contribution in [-0.2, 0) is 9.84 Å². The van der Waals surface area contributed by atoms with E-state index >= 15 is 0 Å². The second-order valence-electron chi connectivity index (χ2n) is 5.65. The molecular weight excluding hydrogens is 333 g/mol. The average Bonchev–Trinajstić information content (AvgIpc) is 2.44. The minimum absolute atomic E-state index is 0.104. The van der Waals surface area contributed by atoms with Crippen molar-refractivity contribution in [2.75, 3.05) is 13.1 Å². The van der Waals surface area contributed by atoms with Crippen molar-refractivity contribution >= 4 is 15.7 Å². The van der Waals surface area contributed by atoms with Gasteiger partial charge in [0.1, 0.15) is 0 Å². The average molecular weight is 350 g/mol. The van der Waals surface area contributed by atoms with Crippen molar-refractivity contribution in [1.29, 1.82) is 0 Å². The Kier molecular flexibility index (Phi) is 4.72. The first kappa shape index (κ1) is 17.7. The zero-order valence-corrected chi connectivity index (χ0v) is 13.4. The lowest BCUT2D eigenvalue weighted by atomic mass is 10.1. The van der Waals surface area contributed by atoms with Crippen LogP contribution in [0.5, 0.6) is 0 Å². The van der Waals surface area contributed by atoms with Gasteiger partial charge in [-0.15, -0.1) is 0 Å². The fourth-order valence-corrected chi connectivity index (χ4v) is 3.35. The molecule has 1 fully saturated rings. The second kappa shape index (κ2) is 6.12. The molecule has 2 rings (SSSR count). The number of piperazine rings is 1. The number of hydrogen-bond donors (Lipinski definition) is 1. The van der Waals surface area contributed by atoms with Gasteiger partial charge in [0.15, 0.2) is 0 Å². The lowest BCUT2D eigenvalue weighted by molar-refractivity contribution is -0.0436. The number of benzene rings is 1. The Morgan fingerprint density at radius 1 is 1.13 bits per heavy atom. The lowest BCUT2D eigenvalue weighted by Crippen LogP contribution is -2.55. The normalized spacial score (nSPS) is 22.9. The summed E-state index contributed by atoms with van der Waals surface area (Å²) >= 11 is 0. The number of nitrogens with one attached hydrogen (secondary N) is 1. The molecule has 0 aliphatic carbocycles. The highest BCUT2D eigenvalue weighted by molar-refractivity contribution is 7.92. The van der Waals surface area contributed by atoms with Crippen LogP contribution in [0.4, 0.5) is 13.2 Å². The van der Waals surface area contributed by atoms with E-state index in [9.17, 15) is 26.4 Å². The summed E-state index contributed by atoms with van der Waals surface area (Å²) in [6, 6.07) is 4.05. The molecule has 5 nitrogen and oxygen atoms in total. The number of halogens is 3. The number of carbonyl (C=O) groups is 1. The van der Waals surface area contributed by atoms with Crippen LogP contribution < -0.4 is 5.32 Å². The van der Waals surface area contributed by atoms with Crippen LogP contribution >= 0.6 is 0 Å². The molecule has 128 valence electrons. The third-order valence-electron chi connectivity index (χ3n) is 3.56. The van der Waals surface area contributed by atoms with E-state index < -0.39 is 20.2 Å². The molecule has 9 heteroatoms. The van der Waals surface area contributed by atoms with Crippen molar-refractivity contribution in [3.63, 3.8) is 0 Å². The Hall–Kier alpha value is -1.61. The quantitative estimate of drug-likeness (QED) is 0.883. The Balaban J connectivity index is 2.21. The van der Waals surface area contributed by atoms with Crippen molar-refractivity contribution in [3.05, 3.63) is 29.8 Å². The molecule has 23 heavy (non-hydrogen) atoms. The largest absolute Gasteiger partial charge is 0.501 e. The smallest absolute Gasteiger partial charge is 0.336 e. The molecule has 1 aliphatic rings. The number of hydrogen-bond acceptors (Lipinski definition) is 4. The van der Waals surface area contributed by atoms with Crippen molar-refractivity contribution in [3.8, 4) is 0 Å². The molecular formula is C14H17F3N2O3S. The molecule has 0 unspecified atom stereocenters. The predicted molar refractivity (Wildman–Crippen MR) is 77.6 cm³/mol. The number of carbonyl (C=O) groups excluding carboxylic acids is 1. The van der Waals surface area contributed by atoms with Crippen molar-refractivity contribution in [1.82, 2.24) is 10.2 Å². The molecule has 0 spiro atoms. The van der Waals surface area contributed by atoms with E-state index in [-0.39, 0.29) is 23.6 Å². The Bertz CT molecular complexity index is 676. The van der Waals surface area contributed by atoms with Crippen LogP contribution in [0.1, 0.15) is 24.2 Å². The third kappa shape index (κ3) is 3.66. The maximum absolute atomic E-state index is 12.5. The summed E-state index contributed by atoms with van der Waals surface area (Å²) in [4.78, 5) is 13.1. The third-order valence-corrected chi connectivity index (χ3v) is 5.06. The van der Waals surface area contributed by atoms with E-state index in [0.717, 1.165) is 24.3 Å². The van der Waals surface area contributed by atoms with E-state index in [1.54, 1.807) is 4.90 Å². The van der Waals surface area contributed by atoms with Gasteiger partial charge in [-0.1, -0.05) is 0 Å². The van der Waals surface area contributed by atoms with Crippen LogP contribution in [0.3, 0.4) is 0 Å². The molecule has 1 saturated heterocycles. The Morgan fingerprint density at radius 2 is 1.61 bits per heavy atom. The molecule has 1 aromatic carbocycles. The van der Waals surface area contributed by atoms with Gasteiger partial charge in [-0.05, 0) is 38.1 Å². The highest BCUT2D eigenvalue weighted by atomic mass is 32.2. The molecule has 0 radical (unpaired) electrons. The molecule has 2 atom stereocenters. The number of sulfone groups is 1. The lowest BCUT2D eigenvalue weighted by Gasteiger charge is -2.36. The molecule has 1 aliphatic heterocycles. The first-order valence-corrected chi connectivity index (χ1v) is 8.47. The van der Waals surface area contributed by atoms with Gasteiger partial charge in [-0.25, -0.2) is 8.42 Å². The van der Waals surface area contributed by atoms with Gasteiger partial charge in [0.2, 0.25) is 0 Å². The first-order chi connectivity index (χ1) is 10.5. The van der Waals surface area contributed by atoms with Crippen LogP contribution in [0, 0.1) is 0 Å². The first-order valence-electron chi connectivity index (χ1n) is 6.99. The molecule has 0 saturated carbocycles. The summed E-state index contributed by atoms with van der Waals surface area (Å²) in [5.41, 5.74) is -5.20. The van der Waals surface area contributed by atoms with Gasteiger partial charge in [0, 0.05) is 30.7 Å². The van der Waals surface area contributed by atoms with Gasteiger partial charge in [0.25, 0.3) is 15.7 Å². The second-order valence-corrected chi connectivity index (χ2v) is 7.59. The van der Waals surface area contributed by atoms with Gasteiger partial charge in [-0.2, -0.15) is 13.2 Å². The summed E-state index contributed by atoms with van der Waals surface area (Å²) in [6.07, 6.45) is 0. The van der Waals surface area contributed by atoms with E-state index in [0.29, 0.717) is 13.1 Å². The standard InChI is InChI=1S/C14H17F3N2O3S/c1-9-7-19(8-10(2)18-9)13(20)11-3-5-12(6-4-11)23(21,22)14(15,16)17/h3-6,9-10,18H,7-8H2,1-2H3/t9-,10-/m1/s1. The molecule has 1 aromatic rings. The van der Waals surface area contributed by atoms with Crippen molar-refractivity contribution < 1.29 is 26.4 Å². The fourth-order valence-electron chi connectivity index (χ4n) is 2.59. The minimum atomic E-state index is -5.40. The molecule has 1 amide bonds. The van der Waals surface area contributed by atoms with Gasteiger partial charge >= 0.3 is 5.51 Å². The number of nitrogens with zero attached hydrogens (tertiary/aromatic N) is 1. The van der Waals surface area contributed by atoms with Crippen LogP contribution in [0.25, 0.3) is 0 Å². The van der Waals surface area contributed by atoms with Crippen LogP contribution in [0.15, 0.2) is 29.2 Å². The summed E-state index contributed by atoms with van der Waals surface area (Å²) in [5, 5.41) is 3.26. The number of amides is 1. The van der Waals surface area contributed by atoms with Gasteiger partial charge < -0.3 is 10.2 Å². The summed E-state index contributed by atoms with van der Waals surface area (Å²) < 4.78 is 60.0. The maximum Gasteiger partial charge on any atom is 0.501 e. The summed E-state index contributed by atoms with van der Waals surface area (Å²) in [6.45, 7) is 4.81. The number of alkyl halides is 3. The van der Waals surface area contributed by atoms with Crippen molar-refractivity contribution in [2.45, 2.75) is 36.3 Å². The molecule has 1 heterocycles. The highest BCUT2D eigenvalue weighted by Gasteiger charge is 2.46. The SMILES string of the molecule is C[C@@H]1CN(C(=O)c2ccc(S(=O)(=O)C(F)(F)F)cc2)C[C@@H](C)N1. The zero-order chi connectivity index (χ0) is 17.4. The Morgan fingerprint density at radius 3 is 2.04 bits per heavy atom. The monoisotopic (exact) mass is 350 g/mol. The predicted octanol–water partition coefficient (Wildman–Crippen LogP) is 1.80. The number of rotatable bonds is 2. The summed E-state index contributed by atoms with van der Waals surface area (Å²) in [7, 11) is -5.40. The Labute approximate surface area is 132 Å². The zero-order valence-electron chi connectivity index (χ0n) is 12.6. The van der Waals surface area contributed by atoms with Crippen LogP contribution in [0.2, 0.25) is 0 Å². The van der Waals surface area contributed by atoms with Crippen molar-refractivity contribution in [2.24, 2.45) is 0 Å². The van der Waals surface area contributed by atoms with Gasteiger partial charge in [0.05, 0.1) is 4.90 Å².